The quantitative estimate of drug-likeness (QED) is 0.502. The van der Waals surface area contributed by atoms with Crippen molar-refractivity contribution in [2.75, 3.05) is 0 Å². The first-order chi connectivity index (χ1) is 5.72. The van der Waals surface area contributed by atoms with Gasteiger partial charge in [0, 0.05) is 6.07 Å². The third-order valence-electron chi connectivity index (χ3n) is 1.34. The molecule has 0 saturated heterocycles. The van der Waals surface area contributed by atoms with Gasteiger partial charge in [0.2, 0.25) is 6.54 Å². The van der Waals surface area contributed by atoms with E-state index in [1.54, 1.807) is 18.3 Å². The van der Waals surface area contributed by atoms with Crippen LogP contribution >= 0.6 is 0 Å². The number of nitrogens with zero attached hydrogens (tertiary/aromatic N) is 1. The molecular formula is C8H8NO3+. The van der Waals surface area contributed by atoms with Crippen LogP contribution in [0.25, 0.3) is 0 Å². The minimum Gasteiger partial charge on any atom is -0.477 e. The Morgan fingerprint density at radius 3 is 3.00 bits per heavy atom. The van der Waals surface area contributed by atoms with Crippen molar-refractivity contribution < 1.29 is 19.3 Å². The van der Waals surface area contributed by atoms with Crippen molar-refractivity contribution in [2.24, 2.45) is 0 Å². The summed E-state index contributed by atoms with van der Waals surface area (Å²) in [5, 5.41) is 8.42. The molecule has 0 fully saturated rings. The lowest BCUT2D eigenvalue weighted by Gasteiger charge is -1.91. The molecular weight excluding hydrogens is 158 g/mol. The highest BCUT2D eigenvalue weighted by molar-refractivity contribution is 5.73. The van der Waals surface area contributed by atoms with E-state index in [-0.39, 0.29) is 6.54 Å². The van der Waals surface area contributed by atoms with E-state index in [1.807, 2.05) is 0 Å². The molecule has 0 bridgehead atoms. The minimum atomic E-state index is -0.928. The fourth-order valence-corrected chi connectivity index (χ4v) is 0.866. The largest absolute Gasteiger partial charge is 0.477 e. The van der Waals surface area contributed by atoms with E-state index < -0.39 is 5.97 Å². The zero-order valence-electron chi connectivity index (χ0n) is 6.30. The summed E-state index contributed by atoms with van der Waals surface area (Å²) in [4.78, 5) is 20.5. The van der Waals surface area contributed by atoms with Crippen molar-refractivity contribution in [3.63, 3.8) is 0 Å². The number of aromatic nitrogens is 1. The Morgan fingerprint density at radius 1 is 1.67 bits per heavy atom. The lowest BCUT2D eigenvalue weighted by Crippen LogP contribution is -2.37. The second kappa shape index (κ2) is 3.61. The number of aldehydes is 1. The van der Waals surface area contributed by atoms with Gasteiger partial charge in [-0.2, -0.15) is 4.57 Å². The number of rotatable bonds is 3. The molecule has 0 radical (unpaired) electrons. The molecule has 0 spiro atoms. The van der Waals surface area contributed by atoms with E-state index in [0.29, 0.717) is 11.8 Å². The smallest absolute Gasteiger partial charge is 0.370 e. The lowest BCUT2D eigenvalue weighted by atomic mass is 10.3. The van der Waals surface area contributed by atoms with Gasteiger partial charge in [-0.15, -0.1) is 0 Å². The van der Waals surface area contributed by atoms with E-state index in [2.05, 4.69) is 0 Å². The Kier molecular flexibility index (Phi) is 2.53. The predicted octanol–water partition coefficient (Wildman–Crippen LogP) is -0.129. The summed E-state index contributed by atoms with van der Waals surface area (Å²) in [6.07, 6.45) is 3.76. The third-order valence-corrected chi connectivity index (χ3v) is 1.34. The summed E-state index contributed by atoms with van der Waals surface area (Å²) in [6, 6.07) is 3.25. The fraction of sp³-hybridized carbons (Fsp3) is 0.125. The van der Waals surface area contributed by atoms with Crippen LogP contribution in [0.3, 0.4) is 0 Å². The molecule has 0 atom stereocenters. The number of aliphatic carboxylic acids is 1. The van der Waals surface area contributed by atoms with Crippen LogP contribution in [0.1, 0.15) is 10.4 Å². The molecule has 0 saturated carbocycles. The number of pyridine rings is 1. The highest BCUT2D eigenvalue weighted by atomic mass is 16.4. The Hall–Kier alpha value is -1.71. The average molecular weight is 166 g/mol. The van der Waals surface area contributed by atoms with Crippen molar-refractivity contribution in [1.82, 2.24) is 0 Å². The van der Waals surface area contributed by atoms with Gasteiger partial charge in [0.05, 0.1) is 5.56 Å². The van der Waals surface area contributed by atoms with E-state index in [0.717, 1.165) is 0 Å². The van der Waals surface area contributed by atoms with Crippen LogP contribution in [-0.2, 0) is 11.3 Å². The maximum atomic E-state index is 10.3. The molecule has 1 N–H and O–H groups in total. The summed E-state index contributed by atoms with van der Waals surface area (Å²) < 4.78 is 1.44. The summed E-state index contributed by atoms with van der Waals surface area (Å²) in [5.74, 6) is -0.928. The Morgan fingerprint density at radius 2 is 2.42 bits per heavy atom. The lowest BCUT2D eigenvalue weighted by molar-refractivity contribution is -0.685. The van der Waals surface area contributed by atoms with Crippen molar-refractivity contribution >= 4 is 12.3 Å². The molecule has 0 aliphatic carbocycles. The van der Waals surface area contributed by atoms with Crippen LogP contribution in [0, 0.1) is 0 Å². The van der Waals surface area contributed by atoms with E-state index >= 15 is 0 Å². The first-order valence-electron chi connectivity index (χ1n) is 3.38. The molecule has 1 aromatic rings. The number of carboxylic acid groups (broad SMARTS) is 1. The zero-order chi connectivity index (χ0) is 8.97. The number of hydrogen-bond donors (Lipinski definition) is 1. The van der Waals surface area contributed by atoms with Gasteiger partial charge in [-0.3, -0.25) is 4.79 Å². The maximum absolute atomic E-state index is 10.3. The minimum absolute atomic E-state index is 0.123. The van der Waals surface area contributed by atoms with Crippen LogP contribution in [-0.4, -0.2) is 17.4 Å². The Labute approximate surface area is 69.1 Å². The van der Waals surface area contributed by atoms with Gasteiger partial charge in [0.25, 0.3) is 0 Å². The second-order valence-corrected chi connectivity index (χ2v) is 2.32. The molecule has 4 heteroatoms. The number of carbonyl (C=O) groups excluding carboxylic acids is 1. The summed E-state index contributed by atoms with van der Waals surface area (Å²) in [6.45, 7) is -0.123. The molecule has 0 aromatic carbocycles. The molecule has 12 heavy (non-hydrogen) atoms. The van der Waals surface area contributed by atoms with Gasteiger partial charge in [0.15, 0.2) is 18.7 Å². The molecule has 0 aliphatic rings. The molecule has 62 valence electrons. The Bertz CT molecular complexity index is 309. The van der Waals surface area contributed by atoms with Gasteiger partial charge < -0.3 is 5.11 Å². The molecule has 0 amide bonds. The van der Waals surface area contributed by atoms with Crippen LogP contribution in [0.2, 0.25) is 0 Å². The van der Waals surface area contributed by atoms with Crippen molar-refractivity contribution in [3.05, 3.63) is 30.1 Å². The standard InChI is InChI=1S/C8H7NO3/c10-6-7-2-1-3-9(4-7)5-8(11)12/h1-4,6H,5H2/p+1. The highest BCUT2D eigenvalue weighted by Crippen LogP contribution is 1.87. The SMILES string of the molecule is O=Cc1ccc[n+](CC(=O)O)c1. The Balaban J connectivity index is 2.86. The second-order valence-electron chi connectivity index (χ2n) is 2.32. The first kappa shape index (κ1) is 8.39. The topological polar surface area (TPSA) is 58.2 Å². The van der Waals surface area contributed by atoms with E-state index in [4.69, 9.17) is 5.11 Å². The van der Waals surface area contributed by atoms with Crippen molar-refractivity contribution in [3.8, 4) is 0 Å². The first-order valence-corrected chi connectivity index (χ1v) is 3.38. The number of carbonyl (C=O) groups is 2. The van der Waals surface area contributed by atoms with Crippen LogP contribution in [0.15, 0.2) is 24.5 Å². The van der Waals surface area contributed by atoms with Crippen molar-refractivity contribution in [2.45, 2.75) is 6.54 Å². The van der Waals surface area contributed by atoms with Crippen molar-refractivity contribution in [1.29, 1.82) is 0 Å². The molecule has 0 unspecified atom stereocenters. The molecule has 1 rings (SSSR count). The third kappa shape index (κ3) is 2.16. The molecule has 4 nitrogen and oxygen atoms in total. The van der Waals surface area contributed by atoms with Gasteiger partial charge >= 0.3 is 5.97 Å². The van der Waals surface area contributed by atoms with Crippen LogP contribution < -0.4 is 4.57 Å². The monoisotopic (exact) mass is 166 g/mol. The van der Waals surface area contributed by atoms with E-state index in [1.165, 1.54) is 10.8 Å². The fourth-order valence-electron chi connectivity index (χ4n) is 0.866. The van der Waals surface area contributed by atoms with Gasteiger partial charge in [-0.25, -0.2) is 4.79 Å². The molecule has 1 heterocycles. The van der Waals surface area contributed by atoms with Gasteiger partial charge in [-0.05, 0) is 6.07 Å². The van der Waals surface area contributed by atoms with Gasteiger partial charge in [-0.1, -0.05) is 0 Å². The van der Waals surface area contributed by atoms with E-state index in [9.17, 15) is 9.59 Å². The van der Waals surface area contributed by atoms with Crippen LogP contribution in [0.4, 0.5) is 0 Å². The number of carboxylic acids is 1. The summed E-state index contributed by atoms with van der Waals surface area (Å²) in [5.41, 5.74) is 0.471. The predicted molar refractivity (Wildman–Crippen MR) is 39.7 cm³/mol. The zero-order valence-corrected chi connectivity index (χ0v) is 6.30. The van der Waals surface area contributed by atoms with Crippen LogP contribution in [0.5, 0.6) is 0 Å². The number of hydrogen-bond acceptors (Lipinski definition) is 2. The normalized spacial score (nSPS) is 9.33. The molecule has 1 aromatic heterocycles. The summed E-state index contributed by atoms with van der Waals surface area (Å²) in [7, 11) is 0. The molecule has 0 aliphatic heterocycles. The van der Waals surface area contributed by atoms with Gasteiger partial charge in [0.1, 0.15) is 0 Å². The highest BCUT2D eigenvalue weighted by Gasteiger charge is 2.06. The summed E-state index contributed by atoms with van der Waals surface area (Å²) >= 11 is 0. The average Bonchev–Trinajstić information content (AvgIpc) is 2.03. The maximum Gasteiger partial charge on any atom is 0.370 e.